The minimum Gasteiger partial charge on any atom is -0.395 e. The first kappa shape index (κ1) is 17.0. The van der Waals surface area contributed by atoms with E-state index < -0.39 is 0 Å². The number of hydrogen-bond acceptors (Lipinski definition) is 3. The first-order valence-corrected chi connectivity index (χ1v) is 7.88. The lowest BCUT2D eigenvalue weighted by atomic mass is 10.1. The Balaban J connectivity index is 1.99. The van der Waals surface area contributed by atoms with E-state index in [0.717, 1.165) is 23.2 Å². The third-order valence-corrected chi connectivity index (χ3v) is 3.48. The maximum atomic E-state index is 12.1. The molecule has 0 saturated heterocycles. The molecule has 2 aromatic rings. The summed E-state index contributed by atoms with van der Waals surface area (Å²) in [6.07, 6.45) is 2.63. The van der Waals surface area contributed by atoms with Crippen molar-refractivity contribution in [1.82, 2.24) is 15.2 Å². The summed E-state index contributed by atoms with van der Waals surface area (Å²) < 4.78 is 0. The van der Waals surface area contributed by atoms with E-state index in [1.807, 2.05) is 49.4 Å². The van der Waals surface area contributed by atoms with E-state index in [-0.39, 0.29) is 12.6 Å². The van der Waals surface area contributed by atoms with Gasteiger partial charge in [-0.1, -0.05) is 31.2 Å². The first-order valence-electron chi connectivity index (χ1n) is 7.88. The number of nitrogens with one attached hydrogen (secondary N) is 1. The number of carbonyl (C=O) groups excluding carboxylic acids is 1. The number of urea groups is 1. The molecule has 0 radical (unpaired) electrons. The fourth-order valence-corrected chi connectivity index (χ4v) is 2.37. The zero-order valence-electron chi connectivity index (χ0n) is 13.4. The minimum absolute atomic E-state index is 0.0252. The van der Waals surface area contributed by atoms with Crippen LogP contribution >= 0.6 is 0 Å². The van der Waals surface area contributed by atoms with Gasteiger partial charge in [0.25, 0.3) is 0 Å². The van der Waals surface area contributed by atoms with Crippen molar-refractivity contribution in [3.63, 3.8) is 0 Å². The van der Waals surface area contributed by atoms with Gasteiger partial charge < -0.3 is 15.3 Å². The number of amides is 2. The van der Waals surface area contributed by atoms with Crippen LogP contribution in [0.4, 0.5) is 4.79 Å². The van der Waals surface area contributed by atoms with Gasteiger partial charge >= 0.3 is 6.03 Å². The predicted octanol–water partition coefficient (Wildman–Crippen LogP) is 2.66. The molecule has 23 heavy (non-hydrogen) atoms. The van der Waals surface area contributed by atoms with Crippen LogP contribution in [0, 0.1) is 0 Å². The molecular weight excluding hydrogens is 290 g/mol. The highest BCUT2D eigenvalue weighted by Crippen LogP contribution is 2.17. The Kier molecular flexibility index (Phi) is 6.56. The average molecular weight is 313 g/mol. The standard InChI is InChI=1S/C18H23N3O2/c1-2-10-21(11-12-22)18(23)20-14-15-6-5-7-16(13-15)17-8-3-4-9-19-17/h3-9,13,22H,2,10-12,14H2,1H3,(H,20,23). The summed E-state index contributed by atoms with van der Waals surface area (Å²) in [5, 5.41) is 11.9. The van der Waals surface area contributed by atoms with E-state index in [0.29, 0.717) is 19.6 Å². The van der Waals surface area contributed by atoms with Crippen LogP contribution in [0.15, 0.2) is 48.7 Å². The summed E-state index contributed by atoms with van der Waals surface area (Å²) in [5.74, 6) is 0. The van der Waals surface area contributed by atoms with Crippen LogP contribution in [-0.4, -0.2) is 40.7 Å². The Hall–Kier alpha value is -2.40. The second-order valence-corrected chi connectivity index (χ2v) is 5.28. The van der Waals surface area contributed by atoms with E-state index >= 15 is 0 Å². The predicted molar refractivity (Wildman–Crippen MR) is 90.9 cm³/mol. The summed E-state index contributed by atoms with van der Waals surface area (Å²) in [5.41, 5.74) is 2.95. The number of aliphatic hydroxyl groups excluding tert-OH is 1. The zero-order chi connectivity index (χ0) is 16.5. The van der Waals surface area contributed by atoms with Crippen molar-refractivity contribution in [2.75, 3.05) is 19.7 Å². The zero-order valence-corrected chi connectivity index (χ0v) is 13.4. The molecule has 2 amide bonds. The molecule has 5 heteroatoms. The maximum absolute atomic E-state index is 12.1. The van der Waals surface area contributed by atoms with Gasteiger partial charge in [-0.2, -0.15) is 0 Å². The van der Waals surface area contributed by atoms with Gasteiger partial charge in [0.05, 0.1) is 12.3 Å². The van der Waals surface area contributed by atoms with Crippen molar-refractivity contribution in [3.8, 4) is 11.3 Å². The van der Waals surface area contributed by atoms with Crippen LogP contribution in [0.3, 0.4) is 0 Å². The monoisotopic (exact) mass is 313 g/mol. The molecule has 0 bridgehead atoms. The molecule has 2 N–H and O–H groups in total. The number of rotatable bonds is 7. The lowest BCUT2D eigenvalue weighted by molar-refractivity contribution is 0.177. The SMILES string of the molecule is CCCN(CCO)C(=O)NCc1cccc(-c2ccccn2)c1. The third kappa shape index (κ3) is 5.07. The third-order valence-electron chi connectivity index (χ3n) is 3.48. The Labute approximate surface area is 137 Å². The molecule has 0 spiro atoms. The fraction of sp³-hybridized carbons (Fsp3) is 0.333. The molecule has 5 nitrogen and oxygen atoms in total. The van der Waals surface area contributed by atoms with Gasteiger partial charge in [-0.25, -0.2) is 4.79 Å². The largest absolute Gasteiger partial charge is 0.395 e. The van der Waals surface area contributed by atoms with Gasteiger partial charge in [0.15, 0.2) is 0 Å². The van der Waals surface area contributed by atoms with Gasteiger partial charge in [-0.3, -0.25) is 4.98 Å². The lowest BCUT2D eigenvalue weighted by Gasteiger charge is -2.21. The molecule has 0 saturated carbocycles. The molecule has 0 aliphatic rings. The van der Waals surface area contributed by atoms with E-state index in [9.17, 15) is 4.79 Å². The molecule has 0 aliphatic carbocycles. The number of nitrogens with zero attached hydrogens (tertiary/aromatic N) is 2. The molecule has 1 aromatic carbocycles. The van der Waals surface area contributed by atoms with Gasteiger partial charge in [-0.05, 0) is 30.2 Å². The number of pyridine rings is 1. The lowest BCUT2D eigenvalue weighted by Crippen LogP contribution is -2.41. The van der Waals surface area contributed by atoms with Crippen molar-refractivity contribution in [2.24, 2.45) is 0 Å². The minimum atomic E-state index is -0.149. The van der Waals surface area contributed by atoms with Crippen molar-refractivity contribution < 1.29 is 9.90 Å². The highest BCUT2D eigenvalue weighted by molar-refractivity contribution is 5.74. The van der Waals surface area contributed by atoms with Crippen LogP contribution < -0.4 is 5.32 Å². The Morgan fingerprint density at radius 2 is 2.09 bits per heavy atom. The van der Waals surface area contributed by atoms with Crippen molar-refractivity contribution in [3.05, 3.63) is 54.2 Å². The summed E-state index contributed by atoms with van der Waals surface area (Å²) in [6.45, 7) is 3.43. The van der Waals surface area contributed by atoms with Gasteiger partial charge in [0.1, 0.15) is 0 Å². The van der Waals surface area contributed by atoms with E-state index in [4.69, 9.17) is 5.11 Å². The first-order chi connectivity index (χ1) is 11.2. The molecule has 2 rings (SSSR count). The summed E-state index contributed by atoms with van der Waals surface area (Å²) >= 11 is 0. The van der Waals surface area contributed by atoms with Crippen LogP contribution in [0.2, 0.25) is 0 Å². The maximum Gasteiger partial charge on any atom is 0.317 e. The molecule has 0 aliphatic heterocycles. The number of carbonyl (C=O) groups is 1. The number of benzene rings is 1. The molecular formula is C18H23N3O2. The highest BCUT2D eigenvalue weighted by atomic mass is 16.3. The topological polar surface area (TPSA) is 65.5 Å². The van der Waals surface area contributed by atoms with E-state index in [2.05, 4.69) is 10.3 Å². The second kappa shape index (κ2) is 8.90. The summed E-state index contributed by atoms with van der Waals surface area (Å²) in [4.78, 5) is 18.1. The Morgan fingerprint density at radius 3 is 2.78 bits per heavy atom. The van der Waals surface area contributed by atoms with Crippen LogP contribution in [0.25, 0.3) is 11.3 Å². The average Bonchev–Trinajstić information content (AvgIpc) is 2.60. The summed E-state index contributed by atoms with van der Waals surface area (Å²) in [7, 11) is 0. The Morgan fingerprint density at radius 1 is 1.22 bits per heavy atom. The van der Waals surface area contributed by atoms with Crippen molar-refractivity contribution >= 4 is 6.03 Å². The number of hydrogen-bond donors (Lipinski definition) is 2. The molecule has 122 valence electrons. The molecule has 0 fully saturated rings. The highest BCUT2D eigenvalue weighted by Gasteiger charge is 2.11. The molecule has 1 heterocycles. The fourth-order valence-electron chi connectivity index (χ4n) is 2.37. The quantitative estimate of drug-likeness (QED) is 0.826. The van der Waals surface area contributed by atoms with Crippen LogP contribution in [-0.2, 0) is 6.54 Å². The van der Waals surface area contributed by atoms with Gasteiger partial charge in [0, 0.05) is 31.4 Å². The molecule has 1 aromatic heterocycles. The Bertz CT molecular complexity index is 611. The van der Waals surface area contributed by atoms with E-state index in [1.165, 1.54) is 0 Å². The van der Waals surface area contributed by atoms with Gasteiger partial charge in [-0.15, -0.1) is 0 Å². The summed E-state index contributed by atoms with van der Waals surface area (Å²) in [6, 6.07) is 13.6. The normalized spacial score (nSPS) is 10.3. The number of aromatic nitrogens is 1. The van der Waals surface area contributed by atoms with Crippen molar-refractivity contribution in [1.29, 1.82) is 0 Å². The molecule has 0 atom stereocenters. The van der Waals surface area contributed by atoms with Crippen molar-refractivity contribution in [2.45, 2.75) is 19.9 Å². The van der Waals surface area contributed by atoms with E-state index in [1.54, 1.807) is 11.1 Å². The number of aliphatic hydroxyl groups is 1. The van der Waals surface area contributed by atoms with Crippen LogP contribution in [0.5, 0.6) is 0 Å². The smallest absolute Gasteiger partial charge is 0.317 e. The second-order valence-electron chi connectivity index (χ2n) is 5.28. The molecule has 0 unspecified atom stereocenters. The van der Waals surface area contributed by atoms with Gasteiger partial charge in [0.2, 0.25) is 0 Å². The van der Waals surface area contributed by atoms with Crippen LogP contribution in [0.1, 0.15) is 18.9 Å².